The van der Waals surface area contributed by atoms with E-state index in [1.54, 1.807) is 12.1 Å². The van der Waals surface area contributed by atoms with Crippen molar-refractivity contribution in [3.8, 4) is 5.88 Å². The number of benzene rings is 2. The number of sulfonamides is 1. The fourth-order valence-corrected chi connectivity index (χ4v) is 3.54. The monoisotopic (exact) mass is 399 g/mol. The largest absolute Gasteiger partial charge is 0.478 e. The third-order valence-corrected chi connectivity index (χ3v) is 5.96. The lowest BCUT2D eigenvalue weighted by atomic mass is 10.1. The van der Waals surface area contributed by atoms with Crippen LogP contribution in [0.25, 0.3) is 10.9 Å². The molecule has 0 aliphatic carbocycles. The van der Waals surface area contributed by atoms with Crippen molar-refractivity contribution in [1.82, 2.24) is 9.29 Å². The van der Waals surface area contributed by atoms with Gasteiger partial charge in [0.25, 0.3) is 5.91 Å². The molecule has 0 saturated heterocycles. The predicted octanol–water partition coefficient (Wildman–Crippen LogP) is 3.14. The topological polar surface area (TPSA) is 88.6 Å². The highest BCUT2D eigenvalue weighted by Gasteiger charge is 2.18. The van der Waals surface area contributed by atoms with E-state index in [1.807, 2.05) is 25.1 Å². The van der Waals surface area contributed by atoms with E-state index in [1.165, 1.54) is 38.4 Å². The molecule has 0 aliphatic rings. The van der Waals surface area contributed by atoms with Crippen LogP contribution in [-0.4, -0.2) is 44.3 Å². The quantitative estimate of drug-likeness (QED) is 0.688. The van der Waals surface area contributed by atoms with Gasteiger partial charge in [0, 0.05) is 31.1 Å². The van der Waals surface area contributed by atoms with Crippen molar-refractivity contribution in [3.63, 3.8) is 0 Å². The van der Waals surface area contributed by atoms with Crippen molar-refractivity contribution < 1.29 is 17.9 Å². The minimum absolute atomic E-state index is 0.127. The van der Waals surface area contributed by atoms with Crippen LogP contribution in [0.15, 0.2) is 59.5 Å². The molecule has 8 heteroatoms. The zero-order valence-corrected chi connectivity index (χ0v) is 16.7. The van der Waals surface area contributed by atoms with E-state index in [9.17, 15) is 13.2 Å². The number of para-hydroxylation sites is 1. The molecule has 28 heavy (non-hydrogen) atoms. The minimum Gasteiger partial charge on any atom is -0.478 e. The number of pyridine rings is 1. The van der Waals surface area contributed by atoms with Gasteiger partial charge < -0.3 is 10.1 Å². The summed E-state index contributed by atoms with van der Waals surface area (Å²) in [5, 5.41) is 3.70. The molecule has 0 spiro atoms. The number of hydrogen-bond acceptors (Lipinski definition) is 5. The van der Waals surface area contributed by atoms with Gasteiger partial charge in [-0.05, 0) is 43.3 Å². The third kappa shape index (κ3) is 3.97. The Balaban J connectivity index is 1.88. The van der Waals surface area contributed by atoms with Crippen LogP contribution in [0.1, 0.15) is 17.3 Å². The van der Waals surface area contributed by atoms with Crippen LogP contribution in [0.5, 0.6) is 5.88 Å². The van der Waals surface area contributed by atoms with Crippen LogP contribution in [0.3, 0.4) is 0 Å². The van der Waals surface area contributed by atoms with Crippen LogP contribution in [0.4, 0.5) is 5.69 Å². The summed E-state index contributed by atoms with van der Waals surface area (Å²) in [6.45, 7) is 2.37. The van der Waals surface area contributed by atoms with Crippen molar-refractivity contribution in [2.45, 2.75) is 11.8 Å². The average Bonchev–Trinajstić information content (AvgIpc) is 2.68. The van der Waals surface area contributed by atoms with Crippen LogP contribution >= 0.6 is 0 Å². The molecule has 7 nitrogen and oxygen atoms in total. The smallest absolute Gasteiger partial charge is 0.255 e. The van der Waals surface area contributed by atoms with E-state index in [2.05, 4.69) is 10.3 Å². The Labute approximate surface area is 164 Å². The Morgan fingerprint density at radius 3 is 2.43 bits per heavy atom. The molecule has 2 aromatic carbocycles. The number of nitrogens with zero attached hydrogens (tertiary/aromatic N) is 2. The Bertz CT molecular complexity index is 1110. The first-order valence-electron chi connectivity index (χ1n) is 8.69. The number of carbonyl (C=O) groups is 1. The molecule has 146 valence electrons. The number of amides is 1. The lowest BCUT2D eigenvalue weighted by molar-refractivity contribution is 0.102. The maximum Gasteiger partial charge on any atom is 0.255 e. The second-order valence-electron chi connectivity index (χ2n) is 6.23. The molecule has 0 radical (unpaired) electrons. The van der Waals surface area contributed by atoms with Gasteiger partial charge in [0.05, 0.1) is 22.7 Å². The maximum absolute atomic E-state index is 12.6. The van der Waals surface area contributed by atoms with E-state index in [0.29, 0.717) is 29.3 Å². The van der Waals surface area contributed by atoms with Crippen molar-refractivity contribution in [2.75, 3.05) is 26.0 Å². The highest BCUT2D eigenvalue weighted by molar-refractivity contribution is 7.89. The molecule has 0 bridgehead atoms. The summed E-state index contributed by atoms with van der Waals surface area (Å²) in [6.07, 6.45) is 0. The lowest BCUT2D eigenvalue weighted by Gasteiger charge is -2.12. The van der Waals surface area contributed by atoms with Gasteiger partial charge in [0.2, 0.25) is 15.9 Å². The fraction of sp³-hybridized carbons (Fsp3) is 0.200. The summed E-state index contributed by atoms with van der Waals surface area (Å²) >= 11 is 0. The zero-order chi connectivity index (χ0) is 20.3. The van der Waals surface area contributed by atoms with Gasteiger partial charge in [0.15, 0.2) is 0 Å². The molecule has 1 heterocycles. The molecular weight excluding hydrogens is 378 g/mol. The predicted molar refractivity (Wildman–Crippen MR) is 108 cm³/mol. The van der Waals surface area contributed by atoms with E-state index < -0.39 is 10.0 Å². The average molecular weight is 399 g/mol. The van der Waals surface area contributed by atoms with E-state index >= 15 is 0 Å². The number of carbonyl (C=O) groups excluding carboxylic acids is 1. The van der Waals surface area contributed by atoms with Crippen LogP contribution in [0.2, 0.25) is 0 Å². The molecule has 3 aromatic rings. The van der Waals surface area contributed by atoms with E-state index in [0.717, 1.165) is 9.69 Å². The van der Waals surface area contributed by atoms with Gasteiger partial charge in [-0.1, -0.05) is 12.1 Å². The molecule has 3 rings (SSSR count). The van der Waals surface area contributed by atoms with E-state index in [4.69, 9.17) is 4.74 Å². The van der Waals surface area contributed by atoms with Gasteiger partial charge in [-0.2, -0.15) is 0 Å². The van der Waals surface area contributed by atoms with Gasteiger partial charge in [-0.15, -0.1) is 0 Å². The Kier molecular flexibility index (Phi) is 5.62. The molecule has 0 saturated carbocycles. The third-order valence-electron chi connectivity index (χ3n) is 4.13. The number of fused-ring (bicyclic) bond motifs is 1. The summed E-state index contributed by atoms with van der Waals surface area (Å²) in [5.41, 5.74) is 1.51. The number of nitrogens with one attached hydrogen (secondary N) is 1. The normalized spacial score (nSPS) is 11.6. The number of hydrogen-bond donors (Lipinski definition) is 1. The summed E-state index contributed by atoms with van der Waals surface area (Å²) in [5.74, 6) is 0.125. The second-order valence-corrected chi connectivity index (χ2v) is 8.38. The van der Waals surface area contributed by atoms with Crippen LogP contribution in [-0.2, 0) is 10.0 Å². The summed E-state index contributed by atoms with van der Waals surface area (Å²) in [7, 11) is -0.623. The summed E-state index contributed by atoms with van der Waals surface area (Å²) < 4.78 is 30.8. The molecule has 0 atom stereocenters. The first-order chi connectivity index (χ1) is 13.3. The van der Waals surface area contributed by atoms with Crippen LogP contribution in [0, 0.1) is 0 Å². The molecular formula is C20H21N3O4S. The standard InChI is InChI=1S/C20H21N3O4S/c1-4-27-18-13-10-14-6-5-7-17(19(14)22-18)21-20(24)15-8-11-16(12-9-15)28(25,26)23(2)3/h5-13H,4H2,1-3H3,(H,21,24). The molecule has 1 amide bonds. The van der Waals surface area contributed by atoms with Gasteiger partial charge in [-0.3, -0.25) is 4.79 Å². The summed E-state index contributed by atoms with van der Waals surface area (Å²) in [6, 6.07) is 14.9. The van der Waals surface area contributed by atoms with Crippen molar-refractivity contribution in [3.05, 3.63) is 60.2 Å². The Hall–Kier alpha value is -2.97. The Morgan fingerprint density at radius 2 is 1.79 bits per heavy atom. The first kappa shape index (κ1) is 19.8. The highest BCUT2D eigenvalue weighted by atomic mass is 32.2. The maximum atomic E-state index is 12.6. The fourth-order valence-electron chi connectivity index (χ4n) is 2.64. The highest BCUT2D eigenvalue weighted by Crippen LogP contribution is 2.25. The van der Waals surface area contributed by atoms with Crippen molar-refractivity contribution in [1.29, 1.82) is 0 Å². The minimum atomic E-state index is -3.54. The molecule has 1 N–H and O–H groups in total. The molecule has 0 fully saturated rings. The molecule has 0 aliphatic heterocycles. The van der Waals surface area contributed by atoms with Gasteiger partial charge in [-0.25, -0.2) is 17.7 Å². The van der Waals surface area contributed by atoms with Crippen molar-refractivity contribution in [2.24, 2.45) is 0 Å². The Morgan fingerprint density at radius 1 is 1.07 bits per heavy atom. The molecule has 0 unspecified atom stereocenters. The van der Waals surface area contributed by atoms with Gasteiger partial charge in [0.1, 0.15) is 0 Å². The second kappa shape index (κ2) is 7.95. The summed E-state index contributed by atoms with van der Waals surface area (Å²) in [4.78, 5) is 17.2. The molecule has 1 aromatic heterocycles. The first-order valence-corrected chi connectivity index (χ1v) is 10.1. The van der Waals surface area contributed by atoms with Crippen LogP contribution < -0.4 is 10.1 Å². The zero-order valence-electron chi connectivity index (χ0n) is 15.8. The number of aromatic nitrogens is 1. The van der Waals surface area contributed by atoms with Gasteiger partial charge >= 0.3 is 0 Å². The van der Waals surface area contributed by atoms with Crippen molar-refractivity contribution >= 4 is 32.5 Å². The van der Waals surface area contributed by atoms with E-state index in [-0.39, 0.29) is 10.8 Å². The number of rotatable bonds is 6. The number of ether oxygens (including phenoxy) is 1. The SMILES string of the molecule is CCOc1ccc2cccc(NC(=O)c3ccc(S(=O)(=O)N(C)C)cc3)c2n1. The lowest BCUT2D eigenvalue weighted by Crippen LogP contribution is -2.22. The number of anilines is 1.